The van der Waals surface area contributed by atoms with Gasteiger partial charge >= 0.3 is 0 Å². The van der Waals surface area contributed by atoms with E-state index in [2.05, 4.69) is 5.32 Å². The first kappa shape index (κ1) is 14.7. The average molecular weight is 305 g/mol. The minimum Gasteiger partial charge on any atom is -0.322 e. The zero-order chi connectivity index (χ0) is 15.9. The first-order valence-electron chi connectivity index (χ1n) is 7.18. The summed E-state index contributed by atoms with van der Waals surface area (Å²) in [6, 6.07) is 25.3. The highest BCUT2D eigenvalue weighted by atomic mass is 17.2. The molecule has 23 heavy (non-hydrogen) atoms. The summed E-state index contributed by atoms with van der Waals surface area (Å²) >= 11 is 0. The number of carbonyl (C=O) groups is 1. The lowest BCUT2D eigenvalue weighted by Crippen LogP contribution is -2.14. The minimum atomic E-state index is -0.261. The number of hydrogen-bond acceptors (Lipinski definition) is 3. The molecule has 0 unspecified atom stereocenters. The van der Waals surface area contributed by atoms with E-state index in [1.807, 2.05) is 48.5 Å². The van der Waals surface area contributed by atoms with Crippen molar-refractivity contribution < 1.29 is 14.6 Å². The molecule has 0 aliphatic rings. The van der Waals surface area contributed by atoms with Gasteiger partial charge in [0, 0.05) is 5.69 Å². The van der Waals surface area contributed by atoms with Crippen LogP contribution in [-0.2, 0) is 0 Å². The van der Waals surface area contributed by atoms with Gasteiger partial charge in [0.05, 0.1) is 5.56 Å². The molecule has 0 atom stereocenters. The fourth-order valence-corrected chi connectivity index (χ4v) is 2.02. The normalized spacial score (nSPS) is 9.91. The molecule has 0 heterocycles. The van der Waals surface area contributed by atoms with Gasteiger partial charge in [-0.05, 0) is 36.4 Å². The standard InChI is InChI=1S/C19H15NO3/c21-19(20-15-9-3-1-4-10-15)17-13-7-8-14-18(17)23-22-16-11-5-2-6-12-16/h1-14H,(H,20,21). The van der Waals surface area contributed by atoms with E-state index in [4.69, 9.17) is 9.78 Å². The summed E-state index contributed by atoms with van der Waals surface area (Å²) in [4.78, 5) is 23.0. The molecular weight excluding hydrogens is 290 g/mol. The highest BCUT2D eigenvalue weighted by Crippen LogP contribution is 2.21. The summed E-state index contributed by atoms with van der Waals surface area (Å²) in [5.74, 6) is 0.652. The first-order chi connectivity index (χ1) is 11.3. The smallest absolute Gasteiger partial charge is 0.259 e. The van der Waals surface area contributed by atoms with Gasteiger partial charge in [-0.15, -0.1) is 0 Å². The predicted octanol–water partition coefficient (Wildman–Crippen LogP) is 4.31. The maximum atomic E-state index is 12.4. The molecule has 3 aromatic carbocycles. The Kier molecular flexibility index (Phi) is 4.55. The van der Waals surface area contributed by atoms with Crippen molar-refractivity contribution in [3.8, 4) is 11.5 Å². The van der Waals surface area contributed by atoms with Crippen molar-refractivity contribution in [3.05, 3.63) is 90.5 Å². The number of para-hydroxylation sites is 3. The van der Waals surface area contributed by atoms with Gasteiger partial charge in [-0.25, -0.2) is 0 Å². The predicted molar refractivity (Wildman–Crippen MR) is 88.5 cm³/mol. The van der Waals surface area contributed by atoms with E-state index in [0.29, 0.717) is 17.1 Å². The zero-order valence-electron chi connectivity index (χ0n) is 12.3. The van der Waals surface area contributed by atoms with Gasteiger partial charge < -0.3 is 5.32 Å². The van der Waals surface area contributed by atoms with Crippen molar-refractivity contribution >= 4 is 11.6 Å². The van der Waals surface area contributed by atoms with Crippen LogP contribution in [0.5, 0.6) is 11.5 Å². The number of nitrogens with one attached hydrogen (secondary N) is 1. The van der Waals surface area contributed by atoms with Crippen molar-refractivity contribution in [2.75, 3.05) is 5.32 Å². The van der Waals surface area contributed by atoms with Gasteiger partial charge in [0.1, 0.15) is 0 Å². The highest BCUT2D eigenvalue weighted by molar-refractivity contribution is 6.06. The number of benzene rings is 3. The molecule has 0 saturated carbocycles. The van der Waals surface area contributed by atoms with Crippen LogP contribution in [0.1, 0.15) is 10.4 Å². The second-order valence-electron chi connectivity index (χ2n) is 4.80. The number of carbonyl (C=O) groups excluding carboxylic acids is 1. The Labute approximate surface area is 134 Å². The van der Waals surface area contributed by atoms with Crippen LogP contribution in [0.2, 0.25) is 0 Å². The summed E-state index contributed by atoms with van der Waals surface area (Å²) in [6.07, 6.45) is 0. The third-order valence-corrected chi connectivity index (χ3v) is 3.13. The van der Waals surface area contributed by atoms with Crippen LogP contribution >= 0.6 is 0 Å². The molecule has 0 saturated heterocycles. The molecule has 4 heteroatoms. The van der Waals surface area contributed by atoms with Crippen LogP contribution in [-0.4, -0.2) is 5.91 Å². The highest BCUT2D eigenvalue weighted by Gasteiger charge is 2.13. The number of hydrogen-bond donors (Lipinski definition) is 1. The molecular formula is C19H15NO3. The van der Waals surface area contributed by atoms with Crippen molar-refractivity contribution in [1.29, 1.82) is 0 Å². The van der Waals surface area contributed by atoms with Crippen molar-refractivity contribution in [3.63, 3.8) is 0 Å². The molecule has 3 rings (SSSR count). The molecule has 0 aromatic heterocycles. The fraction of sp³-hybridized carbons (Fsp3) is 0. The summed E-state index contributed by atoms with van der Waals surface area (Å²) in [5.41, 5.74) is 1.11. The van der Waals surface area contributed by atoms with Crippen molar-refractivity contribution in [1.82, 2.24) is 0 Å². The summed E-state index contributed by atoms with van der Waals surface area (Å²) in [5, 5.41) is 2.82. The van der Waals surface area contributed by atoms with Crippen LogP contribution in [0.4, 0.5) is 5.69 Å². The molecule has 0 aliphatic carbocycles. The second kappa shape index (κ2) is 7.13. The molecule has 0 radical (unpaired) electrons. The van der Waals surface area contributed by atoms with Gasteiger partial charge in [0.2, 0.25) is 0 Å². The molecule has 4 nitrogen and oxygen atoms in total. The zero-order valence-corrected chi connectivity index (χ0v) is 12.3. The van der Waals surface area contributed by atoms with Crippen LogP contribution in [0, 0.1) is 0 Å². The van der Waals surface area contributed by atoms with E-state index in [9.17, 15) is 4.79 Å². The molecule has 0 spiro atoms. The lowest BCUT2D eigenvalue weighted by atomic mass is 10.2. The van der Waals surface area contributed by atoms with E-state index in [0.717, 1.165) is 5.69 Å². The van der Waals surface area contributed by atoms with E-state index in [-0.39, 0.29) is 5.91 Å². The molecule has 3 aromatic rings. The molecule has 0 bridgehead atoms. The molecule has 0 fully saturated rings. The molecule has 0 aliphatic heterocycles. The van der Waals surface area contributed by atoms with Crippen LogP contribution < -0.4 is 15.1 Å². The Morgan fingerprint density at radius 2 is 1.30 bits per heavy atom. The minimum absolute atomic E-state index is 0.261. The topological polar surface area (TPSA) is 47.6 Å². The second-order valence-corrected chi connectivity index (χ2v) is 4.80. The Morgan fingerprint density at radius 3 is 2.04 bits per heavy atom. The third-order valence-electron chi connectivity index (χ3n) is 3.13. The lowest BCUT2D eigenvalue weighted by Gasteiger charge is -2.10. The van der Waals surface area contributed by atoms with Gasteiger partial charge in [-0.1, -0.05) is 48.5 Å². The largest absolute Gasteiger partial charge is 0.322 e. The van der Waals surface area contributed by atoms with Crippen LogP contribution in [0.15, 0.2) is 84.9 Å². The Bertz CT molecular complexity index is 773. The number of rotatable bonds is 5. The summed E-state index contributed by atoms with van der Waals surface area (Å²) in [6.45, 7) is 0. The lowest BCUT2D eigenvalue weighted by molar-refractivity contribution is -0.100. The maximum absolute atomic E-state index is 12.4. The molecule has 114 valence electrons. The van der Waals surface area contributed by atoms with Gasteiger partial charge in [-0.3, -0.25) is 14.6 Å². The number of anilines is 1. The van der Waals surface area contributed by atoms with Crippen molar-refractivity contribution in [2.24, 2.45) is 0 Å². The monoisotopic (exact) mass is 305 g/mol. The summed E-state index contributed by atoms with van der Waals surface area (Å²) < 4.78 is 0. The number of amides is 1. The van der Waals surface area contributed by atoms with E-state index >= 15 is 0 Å². The summed E-state index contributed by atoms with van der Waals surface area (Å²) in [7, 11) is 0. The maximum Gasteiger partial charge on any atom is 0.259 e. The Hall–Kier alpha value is -3.27. The first-order valence-corrected chi connectivity index (χ1v) is 7.18. The SMILES string of the molecule is O=C(Nc1ccccc1)c1ccccc1OOc1ccccc1. The van der Waals surface area contributed by atoms with E-state index < -0.39 is 0 Å². The Balaban J connectivity index is 1.73. The molecule has 1 N–H and O–H groups in total. The molecule has 1 amide bonds. The quantitative estimate of drug-likeness (QED) is 0.564. The van der Waals surface area contributed by atoms with Crippen LogP contribution in [0.3, 0.4) is 0 Å². The van der Waals surface area contributed by atoms with E-state index in [1.165, 1.54) is 0 Å². The average Bonchev–Trinajstić information content (AvgIpc) is 2.62. The van der Waals surface area contributed by atoms with Gasteiger partial charge in [0.15, 0.2) is 11.5 Å². The fourth-order valence-electron chi connectivity index (χ4n) is 2.02. The van der Waals surface area contributed by atoms with E-state index in [1.54, 1.807) is 36.4 Å². The van der Waals surface area contributed by atoms with Crippen LogP contribution in [0.25, 0.3) is 0 Å². The van der Waals surface area contributed by atoms with Gasteiger partial charge in [0.25, 0.3) is 5.91 Å². The van der Waals surface area contributed by atoms with Gasteiger partial charge in [-0.2, -0.15) is 0 Å². The third kappa shape index (κ3) is 3.89. The Morgan fingerprint density at radius 1 is 0.696 bits per heavy atom. The van der Waals surface area contributed by atoms with Crippen molar-refractivity contribution in [2.45, 2.75) is 0 Å².